The van der Waals surface area contributed by atoms with Crippen molar-refractivity contribution in [1.29, 1.82) is 0 Å². The fourth-order valence-corrected chi connectivity index (χ4v) is 3.87. The quantitative estimate of drug-likeness (QED) is 0.917. The monoisotopic (exact) mass is 340 g/mol. The molecule has 128 valence electrons. The predicted molar refractivity (Wildman–Crippen MR) is 92.0 cm³/mol. The summed E-state index contributed by atoms with van der Waals surface area (Å²) < 4.78 is 13.2. The first kappa shape index (κ1) is 18.2. The van der Waals surface area contributed by atoms with Gasteiger partial charge in [-0.2, -0.15) is 0 Å². The van der Waals surface area contributed by atoms with Crippen LogP contribution in [0.4, 0.5) is 4.39 Å². The number of nitrogens with zero attached hydrogens (tertiary/aromatic N) is 1. The van der Waals surface area contributed by atoms with Crippen LogP contribution in [0.5, 0.6) is 0 Å². The van der Waals surface area contributed by atoms with Crippen LogP contribution >= 0.6 is 12.4 Å². The average Bonchev–Trinajstić information content (AvgIpc) is 2.95. The van der Waals surface area contributed by atoms with Crippen molar-refractivity contribution >= 4 is 18.3 Å². The summed E-state index contributed by atoms with van der Waals surface area (Å²) in [6.07, 6.45) is 6.66. The first-order chi connectivity index (χ1) is 10.6. The minimum atomic E-state index is -0.602. The molecule has 5 heteroatoms. The number of amides is 1. The first-order valence-electron chi connectivity index (χ1n) is 8.39. The number of benzene rings is 1. The van der Waals surface area contributed by atoms with Crippen molar-refractivity contribution < 1.29 is 9.18 Å². The molecule has 0 aromatic heterocycles. The van der Waals surface area contributed by atoms with Crippen molar-refractivity contribution in [3.8, 4) is 0 Å². The molecule has 2 fully saturated rings. The Balaban J connectivity index is 0.00000192. The van der Waals surface area contributed by atoms with Gasteiger partial charge < -0.3 is 10.6 Å². The molecule has 0 atom stereocenters. The van der Waals surface area contributed by atoms with Gasteiger partial charge in [0.05, 0.1) is 5.54 Å². The molecule has 1 aromatic rings. The maximum atomic E-state index is 13.2. The summed E-state index contributed by atoms with van der Waals surface area (Å²) in [4.78, 5) is 14.5. The Bertz CT molecular complexity index is 538. The third-order valence-electron chi connectivity index (χ3n) is 5.24. The SMILES string of the molecule is Cl.NC1(C(=O)N2CCC(Cc3cccc(F)c3)CC2)CCCC1. The molecule has 0 spiro atoms. The smallest absolute Gasteiger partial charge is 0.242 e. The fourth-order valence-electron chi connectivity index (χ4n) is 3.87. The molecule has 1 heterocycles. The van der Waals surface area contributed by atoms with Crippen LogP contribution in [0.1, 0.15) is 44.1 Å². The summed E-state index contributed by atoms with van der Waals surface area (Å²) in [6, 6.07) is 6.84. The lowest BCUT2D eigenvalue weighted by molar-refractivity contribution is -0.138. The summed E-state index contributed by atoms with van der Waals surface area (Å²) >= 11 is 0. The summed E-state index contributed by atoms with van der Waals surface area (Å²) in [5.74, 6) is 0.508. The Labute approximate surface area is 143 Å². The van der Waals surface area contributed by atoms with Gasteiger partial charge in [-0.3, -0.25) is 4.79 Å². The largest absolute Gasteiger partial charge is 0.341 e. The van der Waals surface area contributed by atoms with Crippen LogP contribution in [-0.2, 0) is 11.2 Å². The Morgan fingerprint density at radius 3 is 2.52 bits per heavy atom. The van der Waals surface area contributed by atoms with E-state index in [0.29, 0.717) is 5.92 Å². The molecule has 23 heavy (non-hydrogen) atoms. The van der Waals surface area contributed by atoms with Crippen LogP contribution in [0.15, 0.2) is 24.3 Å². The highest BCUT2D eigenvalue weighted by atomic mass is 35.5. The molecule has 2 aliphatic rings. The maximum absolute atomic E-state index is 13.2. The lowest BCUT2D eigenvalue weighted by Crippen LogP contribution is -2.55. The third-order valence-corrected chi connectivity index (χ3v) is 5.24. The summed E-state index contributed by atoms with van der Waals surface area (Å²) in [7, 11) is 0. The zero-order valence-corrected chi connectivity index (χ0v) is 14.3. The van der Waals surface area contributed by atoms with Gasteiger partial charge in [-0.1, -0.05) is 25.0 Å². The second-order valence-electron chi connectivity index (χ2n) is 6.93. The minimum absolute atomic E-state index is 0. The van der Waals surface area contributed by atoms with Gasteiger partial charge in [0.25, 0.3) is 0 Å². The van der Waals surface area contributed by atoms with E-state index in [1.807, 2.05) is 11.0 Å². The van der Waals surface area contributed by atoms with E-state index >= 15 is 0 Å². The molecular weight excluding hydrogens is 315 g/mol. The molecule has 3 rings (SSSR count). The average molecular weight is 341 g/mol. The van der Waals surface area contributed by atoms with E-state index in [0.717, 1.165) is 63.6 Å². The number of likely N-dealkylation sites (tertiary alicyclic amines) is 1. The topological polar surface area (TPSA) is 46.3 Å². The summed E-state index contributed by atoms with van der Waals surface area (Å²) in [6.45, 7) is 1.58. The van der Waals surface area contributed by atoms with E-state index < -0.39 is 5.54 Å². The van der Waals surface area contributed by atoms with E-state index in [1.165, 1.54) is 6.07 Å². The van der Waals surface area contributed by atoms with E-state index in [2.05, 4.69) is 0 Å². The van der Waals surface area contributed by atoms with Crippen LogP contribution in [0.2, 0.25) is 0 Å². The molecule has 1 saturated carbocycles. The Morgan fingerprint density at radius 1 is 1.26 bits per heavy atom. The van der Waals surface area contributed by atoms with Gasteiger partial charge in [0.2, 0.25) is 5.91 Å². The van der Waals surface area contributed by atoms with Gasteiger partial charge >= 0.3 is 0 Å². The maximum Gasteiger partial charge on any atom is 0.242 e. The summed E-state index contributed by atoms with van der Waals surface area (Å²) in [5, 5.41) is 0. The number of carbonyl (C=O) groups excluding carboxylic acids is 1. The van der Waals surface area contributed by atoms with Gasteiger partial charge in [0.15, 0.2) is 0 Å². The Morgan fingerprint density at radius 2 is 1.91 bits per heavy atom. The van der Waals surface area contributed by atoms with Gasteiger partial charge in [-0.25, -0.2) is 4.39 Å². The zero-order chi connectivity index (χ0) is 15.6. The number of halogens is 2. The van der Waals surface area contributed by atoms with E-state index in [9.17, 15) is 9.18 Å². The Hall–Kier alpha value is -1.13. The fraction of sp³-hybridized carbons (Fsp3) is 0.611. The predicted octanol–water partition coefficient (Wildman–Crippen LogP) is 3.30. The molecule has 2 N–H and O–H groups in total. The highest BCUT2D eigenvalue weighted by Gasteiger charge is 2.40. The zero-order valence-electron chi connectivity index (χ0n) is 13.5. The molecule has 1 aliphatic carbocycles. The second-order valence-corrected chi connectivity index (χ2v) is 6.93. The second kappa shape index (κ2) is 7.63. The van der Waals surface area contributed by atoms with Crippen molar-refractivity contribution in [2.24, 2.45) is 11.7 Å². The number of carbonyl (C=O) groups is 1. The molecular formula is C18H26ClFN2O. The van der Waals surface area contributed by atoms with E-state index in [1.54, 1.807) is 12.1 Å². The highest BCUT2D eigenvalue weighted by Crippen LogP contribution is 2.31. The number of hydrogen-bond donors (Lipinski definition) is 1. The van der Waals surface area contributed by atoms with Crippen LogP contribution in [0.25, 0.3) is 0 Å². The molecule has 3 nitrogen and oxygen atoms in total. The first-order valence-corrected chi connectivity index (χ1v) is 8.39. The van der Waals surface area contributed by atoms with Crippen LogP contribution in [0.3, 0.4) is 0 Å². The van der Waals surface area contributed by atoms with E-state index in [-0.39, 0.29) is 24.1 Å². The van der Waals surface area contributed by atoms with Gasteiger partial charge in [0.1, 0.15) is 5.82 Å². The normalized spacial score (nSPS) is 21.0. The molecule has 1 amide bonds. The van der Waals surface area contributed by atoms with Crippen LogP contribution in [-0.4, -0.2) is 29.4 Å². The number of rotatable bonds is 3. The van der Waals surface area contributed by atoms with Crippen molar-refractivity contribution in [3.63, 3.8) is 0 Å². The van der Waals surface area contributed by atoms with Gasteiger partial charge in [0, 0.05) is 13.1 Å². The van der Waals surface area contributed by atoms with Crippen molar-refractivity contribution in [2.75, 3.05) is 13.1 Å². The summed E-state index contributed by atoms with van der Waals surface area (Å²) in [5.41, 5.74) is 6.73. The van der Waals surface area contributed by atoms with Crippen molar-refractivity contribution in [2.45, 2.75) is 50.5 Å². The minimum Gasteiger partial charge on any atom is -0.341 e. The lowest BCUT2D eigenvalue weighted by Gasteiger charge is -2.36. The number of hydrogen-bond acceptors (Lipinski definition) is 2. The standard InChI is InChI=1S/C18H25FN2O.ClH/c19-16-5-3-4-15(13-16)12-14-6-10-21(11-7-14)17(22)18(20)8-1-2-9-18;/h3-5,13-14H,1-2,6-12,20H2;1H. The van der Waals surface area contributed by atoms with Crippen molar-refractivity contribution in [1.82, 2.24) is 4.90 Å². The highest BCUT2D eigenvalue weighted by molar-refractivity contribution is 5.86. The molecule has 0 bridgehead atoms. The van der Waals surface area contributed by atoms with Crippen molar-refractivity contribution in [3.05, 3.63) is 35.6 Å². The van der Waals surface area contributed by atoms with Crippen LogP contribution in [0, 0.1) is 11.7 Å². The molecule has 0 radical (unpaired) electrons. The molecule has 1 aromatic carbocycles. The number of piperidine rings is 1. The molecule has 1 aliphatic heterocycles. The molecule has 1 saturated heterocycles. The lowest BCUT2D eigenvalue weighted by atomic mass is 9.88. The third kappa shape index (κ3) is 4.24. The van der Waals surface area contributed by atoms with Crippen LogP contribution < -0.4 is 5.73 Å². The van der Waals surface area contributed by atoms with Gasteiger partial charge in [-0.05, 0) is 55.7 Å². The number of nitrogens with two attached hydrogens (primary N) is 1. The van der Waals surface area contributed by atoms with Gasteiger partial charge in [-0.15, -0.1) is 12.4 Å². The Kier molecular flexibility index (Phi) is 6.04. The molecule has 0 unspecified atom stereocenters. The van der Waals surface area contributed by atoms with E-state index in [4.69, 9.17) is 5.73 Å².